The lowest BCUT2D eigenvalue weighted by molar-refractivity contribution is -0.117. The molecule has 17 heavy (non-hydrogen) atoms. The Labute approximate surface area is 113 Å². The number of hydrogen-bond donors (Lipinski definition) is 0. The second-order valence-corrected chi connectivity index (χ2v) is 7.37. The Bertz CT molecular complexity index is 283. The topological polar surface area (TPSA) is 20.3 Å². The SMILES string of the molecule is CC(CC1CS1)C(=O)/C=C/CN1CCSCC1. The van der Waals surface area contributed by atoms with Crippen molar-refractivity contribution < 1.29 is 4.79 Å². The lowest BCUT2D eigenvalue weighted by Crippen LogP contribution is -2.32. The highest BCUT2D eigenvalue weighted by Crippen LogP contribution is 2.35. The fourth-order valence-corrected chi connectivity index (χ4v) is 3.66. The van der Waals surface area contributed by atoms with Gasteiger partial charge in [0.25, 0.3) is 0 Å². The fraction of sp³-hybridized carbons (Fsp3) is 0.769. The van der Waals surface area contributed by atoms with Crippen molar-refractivity contribution in [3.05, 3.63) is 12.2 Å². The molecule has 2 aliphatic rings. The van der Waals surface area contributed by atoms with E-state index >= 15 is 0 Å². The van der Waals surface area contributed by atoms with Gasteiger partial charge in [-0.2, -0.15) is 23.5 Å². The van der Waals surface area contributed by atoms with Crippen LogP contribution in [0.4, 0.5) is 0 Å². The summed E-state index contributed by atoms with van der Waals surface area (Å²) in [4.78, 5) is 14.2. The van der Waals surface area contributed by atoms with Gasteiger partial charge in [0.2, 0.25) is 0 Å². The Hall–Kier alpha value is 0.0700. The Morgan fingerprint density at radius 2 is 2.18 bits per heavy atom. The molecule has 2 rings (SSSR count). The molecule has 2 aliphatic heterocycles. The molecule has 2 heterocycles. The minimum absolute atomic E-state index is 0.211. The van der Waals surface area contributed by atoms with Gasteiger partial charge in [-0.15, -0.1) is 0 Å². The van der Waals surface area contributed by atoms with E-state index in [0.717, 1.165) is 31.3 Å². The second kappa shape index (κ2) is 6.86. The highest BCUT2D eigenvalue weighted by molar-refractivity contribution is 8.06. The van der Waals surface area contributed by atoms with Gasteiger partial charge in [0.05, 0.1) is 0 Å². The maximum absolute atomic E-state index is 11.8. The van der Waals surface area contributed by atoms with Gasteiger partial charge in [-0.1, -0.05) is 13.0 Å². The molecule has 0 spiro atoms. The molecule has 0 saturated carbocycles. The van der Waals surface area contributed by atoms with Crippen LogP contribution in [-0.4, -0.2) is 52.8 Å². The number of hydrogen-bond acceptors (Lipinski definition) is 4. The van der Waals surface area contributed by atoms with Gasteiger partial charge in [-0.3, -0.25) is 9.69 Å². The summed E-state index contributed by atoms with van der Waals surface area (Å²) in [5.74, 6) is 4.24. The Morgan fingerprint density at radius 3 is 2.82 bits per heavy atom. The molecule has 2 saturated heterocycles. The first-order valence-electron chi connectivity index (χ1n) is 6.38. The smallest absolute Gasteiger partial charge is 0.158 e. The first kappa shape index (κ1) is 13.5. The van der Waals surface area contributed by atoms with Crippen molar-refractivity contribution in [2.24, 2.45) is 5.92 Å². The van der Waals surface area contributed by atoms with Gasteiger partial charge in [0.15, 0.2) is 5.78 Å². The molecule has 96 valence electrons. The van der Waals surface area contributed by atoms with Crippen molar-refractivity contribution in [1.29, 1.82) is 0 Å². The predicted octanol–water partition coefficient (Wildman–Crippen LogP) is 2.30. The minimum atomic E-state index is 0.211. The van der Waals surface area contributed by atoms with Crippen LogP contribution in [0.15, 0.2) is 12.2 Å². The van der Waals surface area contributed by atoms with Crippen molar-refractivity contribution in [2.45, 2.75) is 18.6 Å². The van der Waals surface area contributed by atoms with E-state index in [-0.39, 0.29) is 5.92 Å². The molecular weight excluding hydrogens is 250 g/mol. The summed E-state index contributed by atoms with van der Waals surface area (Å²) in [6.07, 6.45) is 4.92. The van der Waals surface area contributed by atoms with Crippen LogP contribution < -0.4 is 0 Å². The molecule has 2 unspecified atom stereocenters. The molecule has 0 aromatic heterocycles. The van der Waals surface area contributed by atoms with Gasteiger partial charge in [-0.25, -0.2) is 0 Å². The normalized spacial score (nSPS) is 27.2. The van der Waals surface area contributed by atoms with Crippen molar-refractivity contribution in [1.82, 2.24) is 4.90 Å². The van der Waals surface area contributed by atoms with Crippen molar-refractivity contribution in [3.63, 3.8) is 0 Å². The van der Waals surface area contributed by atoms with Gasteiger partial charge in [-0.05, 0) is 12.5 Å². The van der Waals surface area contributed by atoms with Crippen LogP contribution in [0.5, 0.6) is 0 Å². The van der Waals surface area contributed by atoms with E-state index < -0.39 is 0 Å². The summed E-state index contributed by atoms with van der Waals surface area (Å²) in [5, 5.41) is 0.765. The van der Waals surface area contributed by atoms with E-state index in [4.69, 9.17) is 0 Å². The third kappa shape index (κ3) is 5.06. The Balaban J connectivity index is 1.65. The van der Waals surface area contributed by atoms with E-state index in [2.05, 4.69) is 17.9 Å². The number of rotatable bonds is 6. The van der Waals surface area contributed by atoms with Gasteiger partial charge in [0, 0.05) is 48.1 Å². The summed E-state index contributed by atoms with van der Waals surface area (Å²) in [6.45, 7) is 5.33. The number of ketones is 1. The van der Waals surface area contributed by atoms with Crippen molar-refractivity contribution in [2.75, 3.05) is 36.9 Å². The maximum atomic E-state index is 11.8. The predicted molar refractivity (Wildman–Crippen MR) is 77.9 cm³/mol. The van der Waals surface area contributed by atoms with Crippen LogP contribution in [-0.2, 0) is 4.79 Å². The minimum Gasteiger partial charge on any atom is -0.298 e. The van der Waals surface area contributed by atoms with Crippen molar-refractivity contribution >= 4 is 29.3 Å². The Kier molecular flexibility index (Phi) is 5.45. The van der Waals surface area contributed by atoms with E-state index in [1.54, 1.807) is 6.08 Å². The highest BCUT2D eigenvalue weighted by Gasteiger charge is 2.26. The van der Waals surface area contributed by atoms with Crippen LogP contribution in [0.2, 0.25) is 0 Å². The number of thioether (sulfide) groups is 2. The zero-order valence-electron chi connectivity index (χ0n) is 10.4. The third-order valence-corrected chi connectivity index (χ3v) is 5.19. The number of carbonyl (C=O) groups is 1. The van der Waals surface area contributed by atoms with Crippen LogP contribution in [0, 0.1) is 5.92 Å². The summed E-state index contributed by atoms with van der Waals surface area (Å²) in [5.41, 5.74) is 0. The molecule has 0 amide bonds. The van der Waals surface area contributed by atoms with Crippen LogP contribution >= 0.6 is 23.5 Å². The lowest BCUT2D eigenvalue weighted by atomic mass is 10.0. The summed E-state index contributed by atoms with van der Waals surface area (Å²) < 4.78 is 0. The molecular formula is C13H21NOS2. The first-order valence-corrected chi connectivity index (χ1v) is 8.58. The maximum Gasteiger partial charge on any atom is 0.158 e. The molecule has 2 fully saturated rings. The second-order valence-electron chi connectivity index (χ2n) is 4.81. The standard InChI is InChI=1S/C13H21NOS2/c1-11(9-12-10-17-12)13(15)3-2-4-14-5-7-16-8-6-14/h2-3,11-12H,4-10H2,1H3/b3-2+. The van der Waals surface area contributed by atoms with E-state index in [0.29, 0.717) is 5.78 Å². The average Bonchev–Trinajstić information content (AvgIpc) is 3.14. The molecule has 2 atom stereocenters. The quantitative estimate of drug-likeness (QED) is 0.545. The zero-order valence-corrected chi connectivity index (χ0v) is 12.1. The summed E-state index contributed by atoms with van der Waals surface area (Å²) >= 11 is 4.00. The summed E-state index contributed by atoms with van der Waals surface area (Å²) in [6, 6.07) is 0. The van der Waals surface area contributed by atoms with Gasteiger partial charge >= 0.3 is 0 Å². The third-order valence-electron chi connectivity index (χ3n) is 3.25. The molecule has 0 radical (unpaired) electrons. The van der Waals surface area contributed by atoms with Crippen LogP contribution in [0.25, 0.3) is 0 Å². The van der Waals surface area contributed by atoms with Crippen molar-refractivity contribution in [3.8, 4) is 0 Å². The Morgan fingerprint density at radius 1 is 1.47 bits per heavy atom. The van der Waals surface area contributed by atoms with E-state index in [1.807, 2.05) is 23.5 Å². The lowest BCUT2D eigenvalue weighted by Gasteiger charge is -2.24. The van der Waals surface area contributed by atoms with Gasteiger partial charge < -0.3 is 0 Å². The number of carbonyl (C=O) groups excluding carboxylic acids is 1. The molecule has 2 nitrogen and oxygen atoms in total. The van der Waals surface area contributed by atoms with E-state index in [1.165, 1.54) is 17.3 Å². The van der Waals surface area contributed by atoms with E-state index in [9.17, 15) is 4.79 Å². The summed E-state index contributed by atoms with van der Waals surface area (Å²) in [7, 11) is 0. The van der Waals surface area contributed by atoms with Gasteiger partial charge in [0.1, 0.15) is 0 Å². The largest absolute Gasteiger partial charge is 0.298 e. The first-order chi connectivity index (χ1) is 8.25. The molecule has 4 heteroatoms. The fourth-order valence-electron chi connectivity index (χ4n) is 1.98. The molecule has 0 aromatic rings. The monoisotopic (exact) mass is 271 g/mol. The highest BCUT2D eigenvalue weighted by atomic mass is 32.2. The molecule has 0 bridgehead atoms. The molecule has 0 aliphatic carbocycles. The number of nitrogens with zero attached hydrogens (tertiary/aromatic N) is 1. The average molecular weight is 271 g/mol. The molecule has 0 N–H and O–H groups in total. The number of allylic oxidation sites excluding steroid dienone is 1. The van der Waals surface area contributed by atoms with Crippen LogP contribution in [0.3, 0.4) is 0 Å². The van der Waals surface area contributed by atoms with Crippen LogP contribution in [0.1, 0.15) is 13.3 Å². The zero-order chi connectivity index (χ0) is 12.1. The molecule has 0 aromatic carbocycles.